The highest BCUT2D eigenvalue weighted by atomic mass is 16.7. The minimum atomic E-state index is -0.602. The molecule has 1 aromatic rings. The van der Waals surface area contributed by atoms with Gasteiger partial charge in [0.25, 0.3) is 0 Å². The van der Waals surface area contributed by atoms with Crippen LogP contribution in [0.3, 0.4) is 0 Å². The molecule has 162 valence electrons. The largest absolute Gasteiger partial charge is 0.428 e. The number of ether oxygens (including phenoxy) is 3. The molecule has 0 bridgehead atoms. The molecule has 0 amide bonds. The van der Waals surface area contributed by atoms with Crippen LogP contribution in [0.15, 0.2) is 43.0 Å². The third-order valence-corrected chi connectivity index (χ3v) is 6.41. The standard InChI is InChI=1S/C24H30O6/c1-2-22(25)28-16-29-23(26)19-12-8-17(9-13-19)18-10-14-20(15-11-18)24(27)30-21-6-4-3-5-7-21/h2-7,17-20H,1,8-16H2. The van der Waals surface area contributed by atoms with Crippen LogP contribution in [0.5, 0.6) is 5.75 Å². The maximum atomic E-state index is 12.4. The summed E-state index contributed by atoms with van der Waals surface area (Å²) in [6.07, 6.45) is 8.43. The van der Waals surface area contributed by atoms with Gasteiger partial charge in [-0.15, -0.1) is 0 Å². The number of rotatable bonds is 7. The molecule has 2 aliphatic carbocycles. The smallest absolute Gasteiger partial charge is 0.333 e. The number of carbonyl (C=O) groups is 3. The van der Waals surface area contributed by atoms with Crippen molar-refractivity contribution in [1.29, 1.82) is 0 Å². The fourth-order valence-corrected chi connectivity index (χ4v) is 4.66. The Kier molecular flexibility index (Phi) is 8.05. The van der Waals surface area contributed by atoms with Gasteiger partial charge in [-0.05, 0) is 75.3 Å². The Morgan fingerprint density at radius 1 is 0.800 bits per heavy atom. The molecule has 6 nitrogen and oxygen atoms in total. The van der Waals surface area contributed by atoms with Crippen molar-refractivity contribution in [1.82, 2.24) is 0 Å². The van der Waals surface area contributed by atoms with E-state index in [0.717, 1.165) is 57.4 Å². The molecule has 0 aliphatic heterocycles. The SMILES string of the molecule is C=CC(=O)OCOC(=O)C1CCC(C2CCC(C(=O)Oc3ccccc3)CC2)CC1. The summed E-state index contributed by atoms with van der Waals surface area (Å²) in [6.45, 7) is 2.94. The first-order valence-electron chi connectivity index (χ1n) is 10.8. The molecule has 0 unspecified atom stereocenters. The normalized spacial score (nSPS) is 26.3. The van der Waals surface area contributed by atoms with Crippen molar-refractivity contribution in [2.45, 2.75) is 51.4 Å². The zero-order valence-electron chi connectivity index (χ0n) is 17.3. The fraction of sp³-hybridized carbons (Fsp3) is 0.542. The van der Waals surface area contributed by atoms with Crippen molar-refractivity contribution in [2.24, 2.45) is 23.7 Å². The van der Waals surface area contributed by atoms with Crippen LogP contribution in [-0.4, -0.2) is 24.7 Å². The second-order valence-electron chi connectivity index (χ2n) is 8.21. The first kappa shape index (κ1) is 22.1. The summed E-state index contributed by atoms with van der Waals surface area (Å²) in [5.41, 5.74) is 0. The summed E-state index contributed by atoms with van der Waals surface area (Å²) < 4.78 is 15.2. The Morgan fingerprint density at radius 2 is 1.33 bits per heavy atom. The highest BCUT2D eigenvalue weighted by Gasteiger charge is 2.35. The molecule has 2 saturated carbocycles. The predicted molar refractivity (Wildman–Crippen MR) is 110 cm³/mol. The van der Waals surface area contributed by atoms with Crippen LogP contribution in [0.2, 0.25) is 0 Å². The molecule has 6 heteroatoms. The lowest BCUT2D eigenvalue weighted by Crippen LogP contribution is -2.31. The fourth-order valence-electron chi connectivity index (χ4n) is 4.66. The average Bonchev–Trinajstić information content (AvgIpc) is 2.79. The highest BCUT2D eigenvalue weighted by Crippen LogP contribution is 2.41. The van der Waals surface area contributed by atoms with E-state index in [-0.39, 0.29) is 30.6 Å². The maximum Gasteiger partial charge on any atom is 0.333 e. The zero-order chi connectivity index (χ0) is 21.3. The van der Waals surface area contributed by atoms with E-state index in [1.54, 1.807) is 12.1 Å². The van der Waals surface area contributed by atoms with E-state index in [9.17, 15) is 14.4 Å². The van der Waals surface area contributed by atoms with Crippen molar-refractivity contribution in [2.75, 3.05) is 6.79 Å². The molecule has 0 atom stereocenters. The van der Waals surface area contributed by atoms with Crippen molar-refractivity contribution in [3.63, 3.8) is 0 Å². The number of benzene rings is 1. The number of esters is 3. The summed E-state index contributed by atoms with van der Waals surface area (Å²) in [6, 6.07) is 9.22. The van der Waals surface area contributed by atoms with Crippen LogP contribution in [0, 0.1) is 23.7 Å². The molecule has 1 aromatic carbocycles. The Morgan fingerprint density at radius 3 is 1.87 bits per heavy atom. The van der Waals surface area contributed by atoms with Gasteiger partial charge in [0.1, 0.15) is 5.75 Å². The van der Waals surface area contributed by atoms with Gasteiger partial charge in [0, 0.05) is 6.08 Å². The van der Waals surface area contributed by atoms with Gasteiger partial charge in [-0.2, -0.15) is 0 Å². The van der Waals surface area contributed by atoms with E-state index in [1.165, 1.54) is 0 Å². The van der Waals surface area contributed by atoms with Crippen molar-refractivity contribution in [3.8, 4) is 5.75 Å². The second-order valence-corrected chi connectivity index (χ2v) is 8.21. The molecule has 0 spiro atoms. The molecule has 30 heavy (non-hydrogen) atoms. The molecule has 0 N–H and O–H groups in total. The lowest BCUT2D eigenvalue weighted by atomic mass is 9.69. The Bertz CT molecular complexity index is 727. The lowest BCUT2D eigenvalue weighted by Gasteiger charge is -2.36. The Hall–Kier alpha value is -2.63. The zero-order valence-corrected chi connectivity index (χ0v) is 17.3. The van der Waals surface area contributed by atoms with Crippen molar-refractivity contribution >= 4 is 17.9 Å². The first-order valence-corrected chi connectivity index (χ1v) is 10.8. The van der Waals surface area contributed by atoms with Gasteiger partial charge in [-0.25, -0.2) is 4.79 Å². The topological polar surface area (TPSA) is 78.9 Å². The van der Waals surface area contributed by atoms with E-state index in [0.29, 0.717) is 17.6 Å². The Balaban J connectivity index is 1.36. The van der Waals surface area contributed by atoms with Crippen LogP contribution in [-0.2, 0) is 23.9 Å². The van der Waals surface area contributed by atoms with Gasteiger partial charge in [0.15, 0.2) is 0 Å². The van der Waals surface area contributed by atoms with E-state index in [1.807, 2.05) is 18.2 Å². The molecule has 0 saturated heterocycles. The van der Waals surface area contributed by atoms with E-state index in [4.69, 9.17) is 14.2 Å². The quantitative estimate of drug-likeness (QED) is 0.284. The van der Waals surface area contributed by atoms with Gasteiger partial charge in [-0.3, -0.25) is 9.59 Å². The van der Waals surface area contributed by atoms with Gasteiger partial charge in [0.05, 0.1) is 11.8 Å². The first-order chi connectivity index (χ1) is 14.6. The molecule has 2 fully saturated rings. The minimum Gasteiger partial charge on any atom is -0.428 e. The molecular weight excluding hydrogens is 384 g/mol. The van der Waals surface area contributed by atoms with Crippen LogP contribution in [0.4, 0.5) is 0 Å². The van der Waals surface area contributed by atoms with Crippen LogP contribution >= 0.6 is 0 Å². The molecule has 0 heterocycles. The molecule has 3 rings (SSSR count). The van der Waals surface area contributed by atoms with Crippen LogP contribution in [0.25, 0.3) is 0 Å². The van der Waals surface area contributed by atoms with Gasteiger partial charge in [0.2, 0.25) is 6.79 Å². The Labute approximate surface area is 177 Å². The monoisotopic (exact) mass is 414 g/mol. The van der Waals surface area contributed by atoms with Crippen molar-refractivity contribution < 1.29 is 28.6 Å². The van der Waals surface area contributed by atoms with Crippen LogP contribution < -0.4 is 4.74 Å². The molecule has 2 aliphatic rings. The number of hydrogen-bond donors (Lipinski definition) is 0. The number of hydrogen-bond acceptors (Lipinski definition) is 6. The van der Waals surface area contributed by atoms with E-state index in [2.05, 4.69) is 6.58 Å². The van der Waals surface area contributed by atoms with Gasteiger partial charge < -0.3 is 14.2 Å². The maximum absolute atomic E-state index is 12.4. The van der Waals surface area contributed by atoms with Gasteiger partial charge in [-0.1, -0.05) is 24.8 Å². The second kappa shape index (κ2) is 11.0. The molecule has 0 radical (unpaired) electrons. The third kappa shape index (κ3) is 6.18. The number of carbonyl (C=O) groups excluding carboxylic acids is 3. The third-order valence-electron chi connectivity index (χ3n) is 6.41. The molecular formula is C24H30O6. The van der Waals surface area contributed by atoms with Gasteiger partial charge >= 0.3 is 17.9 Å². The van der Waals surface area contributed by atoms with E-state index < -0.39 is 5.97 Å². The minimum absolute atomic E-state index is 0.0222. The van der Waals surface area contributed by atoms with Crippen molar-refractivity contribution in [3.05, 3.63) is 43.0 Å². The predicted octanol–water partition coefficient (Wildman–Crippen LogP) is 4.43. The highest BCUT2D eigenvalue weighted by molar-refractivity contribution is 5.81. The lowest BCUT2D eigenvalue weighted by molar-refractivity contribution is -0.168. The number of para-hydroxylation sites is 1. The average molecular weight is 414 g/mol. The van der Waals surface area contributed by atoms with E-state index >= 15 is 0 Å². The summed E-state index contributed by atoms with van der Waals surface area (Å²) >= 11 is 0. The summed E-state index contributed by atoms with van der Waals surface area (Å²) in [5, 5.41) is 0. The molecule has 0 aromatic heterocycles. The summed E-state index contributed by atoms with van der Waals surface area (Å²) in [7, 11) is 0. The summed E-state index contributed by atoms with van der Waals surface area (Å²) in [5.74, 6) is 0.645. The summed E-state index contributed by atoms with van der Waals surface area (Å²) in [4.78, 5) is 35.5. The van der Waals surface area contributed by atoms with Crippen LogP contribution in [0.1, 0.15) is 51.4 Å².